The van der Waals surface area contributed by atoms with Gasteiger partial charge in [-0.05, 0) is 52.4 Å². The Morgan fingerprint density at radius 1 is 1.20 bits per heavy atom. The number of rotatable bonds is 2. The Hall–Kier alpha value is -2.26. The third-order valence-corrected chi connectivity index (χ3v) is 4.74. The van der Waals surface area contributed by atoms with Crippen molar-refractivity contribution in [3.05, 3.63) is 68.1 Å². The Morgan fingerprint density at radius 3 is 2.64 bits per heavy atom. The minimum absolute atomic E-state index is 0.116. The summed E-state index contributed by atoms with van der Waals surface area (Å²) in [5.41, 5.74) is 1.98. The number of allylic oxidation sites excluding steroid dienone is 1. The van der Waals surface area contributed by atoms with Crippen LogP contribution < -0.4 is 16.0 Å². The van der Waals surface area contributed by atoms with Gasteiger partial charge < -0.3 is 21.1 Å². The molecular weight excluding hydrogens is 457 g/mol. The second-order valence-electron chi connectivity index (χ2n) is 5.32. The number of aliphatic hydroxyl groups is 1. The summed E-state index contributed by atoms with van der Waals surface area (Å²) in [7, 11) is 0. The maximum absolute atomic E-state index is 12.2. The van der Waals surface area contributed by atoms with Gasteiger partial charge in [0.2, 0.25) is 5.76 Å². The molecule has 0 saturated carbocycles. The molecule has 128 valence electrons. The first kappa shape index (κ1) is 17.6. The molecule has 0 aliphatic carbocycles. The number of carbonyl (C=O) groups excluding carboxylic acids is 2. The zero-order valence-electron chi connectivity index (χ0n) is 12.8. The van der Waals surface area contributed by atoms with Crippen LogP contribution in [0.5, 0.6) is 0 Å². The smallest absolute Gasteiger partial charge is 0.323 e. The van der Waals surface area contributed by atoms with E-state index in [1.165, 1.54) is 0 Å². The molecule has 8 heteroatoms. The number of nitrogens with one attached hydrogen (secondary N) is 3. The number of benzene rings is 2. The Labute approximate surface area is 162 Å². The van der Waals surface area contributed by atoms with Gasteiger partial charge in [0.1, 0.15) is 0 Å². The Bertz CT molecular complexity index is 884. The standard InChI is InChI=1S/C17H13ClIN3O3/c18-9-6-12(19)11-8-14(15(23)16(24)21-13(11)7-9)22-17(25)20-10-4-2-1-3-5-10/h1-7,23H,8H2,(H,21,24)(H2,20,22,25). The van der Waals surface area contributed by atoms with Crippen molar-refractivity contribution in [3.8, 4) is 0 Å². The summed E-state index contributed by atoms with van der Waals surface area (Å²) < 4.78 is 0.817. The lowest BCUT2D eigenvalue weighted by Gasteiger charge is -2.12. The van der Waals surface area contributed by atoms with Gasteiger partial charge in [-0.1, -0.05) is 29.8 Å². The van der Waals surface area contributed by atoms with Crippen LogP contribution >= 0.6 is 34.2 Å². The van der Waals surface area contributed by atoms with Gasteiger partial charge in [0.05, 0.1) is 5.70 Å². The predicted octanol–water partition coefficient (Wildman–Crippen LogP) is 4.03. The van der Waals surface area contributed by atoms with Crippen LogP contribution in [0.15, 0.2) is 53.9 Å². The van der Waals surface area contributed by atoms with Crippen molar-refractivity contribution < 1.29 is 14.7 Å². The number of aliphatic hydroxyl groups excluding tert-OH is 1. The summed E-state index contributed by atoms with van der Waals surface area (Å²) in [6.07, 6.45) is 0.178. The van der Waals surface area contributed by atoms with Crippen molar-refractivity contribution >= 4 is 57.5 Å². The van der Waals surface area contributed by atoms with Gasteiger partial charge >= 0.3 is 6.03 Å². The van der Waals surface area contributed by atoms with E-state index in [4.69, 9.17) is 11.6 Å². The number of para-hydroxylation sites is 1. The number of hydrogen-bond acceptors (Lipinski definition) is 3. The fourth-order valence-electron chi connectivity index (χ4n) is 2.40. The van der Waals surface area contributed by atoms with E-state index in [1.807, 2.05) is 6.07 Å². The molecule has 0 radical (unpaired) electrons. The van der Waals surface area contributed by atoms with Gasteiger partial charge in [0.15, 0.2) is 0 Å². The van der Waals surface area contributed by atoms with E-state index >= 15 is 0 Å². The number of halogens is 2. The molecule has 0 saturated heterocycles. The minimum atomic E-state index is -0.702. The highest BCUT2D eigenvalue weighted by molar-refractivity contribution is 14.1. The molecule has 2 aromatic rings. The average molecular weight is 470 g/mol. The first-order valence-electron chi connectivity index (χ1n) is 7.28. The molecule has 0 atom stereocenters. The molecule has 0 fully saturated rings. The second kappa shape index (κ2) is 7.32. The predicted molar refractivity (Wildman–Crippen MR) is 105 cm³/mol. The van der Waals surface area contributed by atoms with Gasteiger partial charge in [0.25, 0.3) is 5.91 Å². The number of amides is 3. The molecule has 3 amide bonds. The van der Waals surface area contributed by atoms with E-state index in [1.54, 1.807) is 36.4 Å². The van der Waals surface area contributed by atoms with Crippen LogP contribution in [0.4, 0.5) is 16.2 Å². The molecule has 1 aliphatic heterocycles. The summed E-state index contributed by atoms with van der Waals surface area (Å²) >= 11 is 8.11. The van der Waals surface area contributed by atoms with Crippen LogP contribution in [0.1, 0.15) is 5.56 Å². The van der Waals surface area contributed by atoms with Crippen molar-refractivity contribution in [1.29, 1.82) is 0 Å². The molecule has 1 aliphatic rings. The van der Waals surface area contributed by atoms with E-state index in [9.17, 15) is 14.7 Å². The topological polar surface area (TPSA) is 90.5 Å². The van der Waals surface area contributed by atoms with Gasteiger partial charge in [-0.25, -0.2) is 4.79 Å². The molecule has 6 nitrogen and oxygen atoms in total. The van der Waals surface area contributed by atoms with Gasteiger partial charge in [0, 0.05) is 26.4 Å². The Kier molecular flexibility index (Phi) is 5.14. The Balaban J connectivity index is 1.85. The monoisotopic (exact) mass is 469 g/mol. The van der Waals surface area contributed by atoms with E-state index < -0.39 is 17.7 Å². The third-order valence-electron chi connectivity index (χ3n) is 3.56. The largest absolute Gasteiger partial charge is 0.502 e. The van der Waals surface area contributed by atoms with Crippen LogP contribution in [0.2, 0.25) is 5.02 Å². The first-order valence-corrected chi connectivity index (χ1v) is 8.74. The van der Waals surface area contributed by atoms with E-state index in [-0.39, 0.29) is 12.1 Å². The lowest BCUT2D eigenvalue weighted by atomic mass is 10.1. The quantitative estimate of drug-likeness (QED) is 0.501. The van der Waals surface area contributed by atoms with Crippen LogP contribution in [0, 0.1) is 3.57 Å². The fourth-order valence-corrected chi connectivity index (χ4v) is 3.62. The number of fused-ring (bicyclic) bond motifs is 1. The lowest BCUT2D eigenvalue weighted by molar-refractivity contribution is -0.115. The lowest BCUT2D eigenvalue weighted by Crippen LogP contribution is -2.31. The molecular formula is C17H13ClIN3O3. The molecule has 0 aromatic heterocycles. The van der Waals surface area contributed by atoms with Crippen molar-refractivity contribution in [2.45, 2.75) is 6.42 Å². The van der Waals surface area contributed by atoms with Crippen molar-refractivity contribution in [1.82, 2.24) is 5.32 Å². The molecule has 25 heavy (non-hydrogen) atoms. The second-order valence-corrected chi connectivity index (χ2v) is 6.92. The van der Waals surface area contributed by atoms with Crippen LogP contribution in [-0.4, -0.2) is 17.0 Å². The van der Waals surface area contributed by atoms with Crippen molar-refractivity contribution in [2.75, 3.05) is 10.6 Å². The van der Waals surface area contributed by atoms with E-state index in [2.05, 4.69) is 38.5 Å². The molecule has 4 N–H and O–H groups in total. The Morgan fingerprint density at radius 2 is 1.92 bits per heavy atom. The van der Waals surface area contributed by atoms with E-state index in [0.717, 1.165) is 9.13 Å². The maximum atomic E-state index is 12.2. The van der Waals surface area contributed by atoms with Crippen molar-refractivity contribution in [2.24, 2.45) is 0 Å². The van der Waals surface area contributed by atoms with E-state index in [0.29, 0.717) is 16.4 Å². The zero-order chi connectivity index (χ0) is 18.0. The summed E-state index contributed by atoms with van der Waals surface area (Å²) in [5.74, 6) is -1.24. The minimum Gasteiger partial charge on any atom is -0.502 e. The van der Waals surface area contributed by atoms with Gasteiger partial charge in [-0.15, -0.1) is 0 Å². The number of urea groups is 1. The third kappa shape index (κ3) is 4.05. The molecule has 3 rings (SSSR count). The average Bonchev–Trinajstić information content (AvgIpc) is 2.67. The van der Waals surface area contributed by atoms with Crippen LogP contribution in [0.25, 0.3) is 0 Å². The molecule has 0 bridgehead atoms. The SMILES string of the molecule is O=C(NC1=C(O)C(=O)Nc2cc(Cl)cc(I)c2C1)Nc1ccccc1. The normalized spacial score (nSPS) is 13.6. The highest BCUT2D eigenvalue weighted by Gasteiger charge is 2.24. The summed E-state index contributed by atoms with van der Waals surface area (Å²) in [6, 6.07) is 11.7. The highest BCUT2D eigenvalue weighted by Crippen LogP contribution is 2.31. The fraction of sp³-hybridized carbons (Fsp3) is 0.0588. The zero-order valence-corrected chi connectivity index (χ0v) is 15.7. The molecule has 0 unspecified atom stereocenters. The molecule has 0 spiro atoms. The molecule has 1 heterocycles. The maximum Gasteiger partial charge on any atom is 0.323 e. The first-order chi connectivity index (χ1) is 11.9. The summed E-state index contributed by atoms with van der Waals surface area (Å²) in [6.45, 7) is 0. The summed E-state index contributed by atoms with van der Waals surface area (Å²) in [4.78, 5) is 24.3. The summed E-state index contributed by atoms with van der Waals surface area (Å²) in [5, 5.41) is 18.4. The van der Waals surface area contributed by atoms with Gasteiger partial charge in [-0.2, -0.15) is 0 Å². The number of hydrogen-bond donors (Lipinski definition) is 4. The van der Waals surface area contributed by atoms with Crippen LogP contribution in [-0.2, 0) is 11.2 Å². The van der Waals surface area contributed by atoms with Crippen LogP contribution in [0.3, 0.4) is 0 Å². The number of anilines is 2. The highest BCUT2D eigenvalue weighted by atomic mass is 127. The number of carbonyl (C=O) groups is 2. The van der Waals surface area contributed by atoms with Crippen molar-refractivity contribution in [3.63, 3.8) is 0 Å². The molecule has 2 aromatic carbocycles. The van der Waals surface area contributed by atoms with Gasteiger partial charge in [-0.3, -0.25) is 4.79 Å².